The number of para-hydroxylation sites is 1. The molecular weight excluding hydrogens is 777 g/mol. The number of thioether (sulfide) groups is 1. The Bertz CT molecular complexity index is 2190. The minimum absolute atomic E-state index is 0.165. The number of aromatic amines is 1. The van der Waals surface area contributed by atoms with Gasteiger partial charge in [-0.3, -0.25) is 34.2 Å². The predicted octanol–water partition coefficient (Wildman–Crippen LogP) is 6.82. The van der Waals surface area contributed by atoms with E-state index in [2.05, 4.69) is 26.2 Å². The number of amides is 3. The lowest BCUT2D eigenvalue weighted by molar-refractivity contribution is -0.384. The molecule has 3 heterocycles. The zero-order valence-corrected chi connectivity index (χ0v) is 29.1. The van der Waals surface area contributed by atoms with Crippen molar-refractivity contribution in [2.75, 3.05) is 16.8 Å². The van der Waals surface area contributed by atoms with Crippen LogP contribution in [0.15, 0.2) is 81.0 Å². The summed E-state index contributed by atoms with van der Waals surface area (Å²) in [4.78, 5) is 68.8. The van der Waals surface area contributed by atoms with Crippen LogP contribution in [-0.2, 0) is 20.6 Å². The highest BCUT2D eigenvalue weighted by Crippen LogP contribution is 2.69. The summed E-state index contributed by atoms with van der Waals surface area (Å²) in [6, 6.07) is 15.1. The Labute approximate surface area is 302 Å². The number of alkyl halides is 3. The highest BCUT2D eigenvalue weighted by molar-refractivity contribution is 9.10. The van der Waals surface area contributed by atoms with E-state index in [-0.39, 0.29) is 56.8 Å². The molecule has 262 valence electrons. The van der Waals surface area contributed by atoms with Gasteiger partial charge < -0.3 is 15.0 Å². The number of imide groups is 1. The van der Waals surface area contributed by atoms with Crippen molar-refractivity contribution in [1.29, 1.82) is 0 Å². The SMILES string of the molecule is O=C(COc1ccc(Br)cc1[C@@H]1c2sc(=O)[nH]c2S[C@@H]2[C@@H]3C[C@@H]([C@@H]4C(=O)N(c5ccc([N+](=O)[O-])cc5)C(=O)[C@@H]34)[C@H]12)Nc1ccccc1C(F)(F)F. The molecule has 2 N–H and O–H groups in total. The number of aromatic nitrogens is 1. The highest BCUT2D eigenvalue weighted by atomic mass is 79.9. The van der Waals surface area contributed by atoms with E-state index >= 15 is 0 Å². The van der Waals surface area contributed by atoms with Crippen LogP contribution < -0.4 is 19.8 Å². The van der Waals surface area contributed by atoms with Gasteiger partial charge in [-0.25, -0.2) is 0 Å². The molecule has 3 amide bonds. The molecule has 8 rings (SSSR count). The van der Waals surface area contributed by atoms with Crippen LogP contribution in [0.25, 0.3) is 0 Å². The Kier molecular flexibility index (Phi) is 8.14. The maximum atomic E-state index is 14.1. The first-order valence-corrected chi connectivity index (χ1v) is 18.2. The number of H-pyrrole nitrogens is 1. The van der Waals surface area contributed by atoms with Gasteiger partial charge in [0.05, 0.1) is 38.7 Å². The van der Waals surface area contributed by atoms with Crippen LogP contribution in [0.4, 0.5) is 30.2 Å². The van der Waals surface area contributed by atoms with Gasteiger partial charge in [0.15, 0.2) is 6.61 Å². The normalized spacial score (nSPS) is 26.1. The van der Waals surface area contributed by atoms with Crippen molar-refractivity contribution in [3.63, 3.8) is 0 Å². The maximum absolute atomic E-state index is 14.1. The lowest BCUT2D eigenvalue weighted by atomic mass is 9.68. The fourth-order valence-corrected chi connectivity index (χ4v) is 11.7. The van der Waals surface area contributed by atoms with Crippen LogP contribution in [0.2, 0.25) is 0 Å². The first-order valence-electron chi connectivity index (χ1n) is 15.7. The average Bonchev–Trinajstić information content (AvgIpc) is 3.82. The third-order valence-electron chi connectivity index (χ3n) is 10.2. The molecule has 1 aromatic heterocycles. The van der Waals surface area contributed by atoms with Crippen LogP contribution in [-0.4, -0.2) is 39.5 Å². The number of nitro benzene ring substituents is 1. The molecule has 1 saturated heterocycles. The van der Waals surface area contributed by atoms with Crippen LogP contribution in [0, 0.1) is 39.7 Å². The second-order valence-corrected chi connectivity index (χ2v) is 15.9. The van der Waals surface area contributed by atoms with Gasteiger partial charge >= 0.3 is 11.0 Å². The van der Waals surface area contributed by atoms with Gasteiger partial charge in [-0.1, -0.05) is 39.4 Å². The zero-order chi connectivity index (χ0) is 35.9. The minimum atomic E-state index is -4.68. The molecule has 0 radical (unpaired) electrons. The molecule has 7 atom stereocenters. The third-order valence-corrected chi connectivity index (χ3v) is 13.3. The summed E-state index contributed by atoms with van der Waals surface area (Å²) < 4.78 is 47.3. The molecule has 2 bridgehead atoms. The van der Waals surface area contributed by atoms with E-state index in [4.69, 9.17) is 4.74 Å². The van der Waals surface area contributed by atoms with Gasteiger partial charge in [-0.2, -0.15) is 13.2 Å². The van der Waals surface area contributed by atoms with E-state index in [0.29, 0.717) is 21.5 Å². The summed E-state index contributed by atoms with van der Waals surface area (Å²) in [5.41, 5.74) is -0.686. The molecular formula is C34H24BrF3N4O7S2. The van der Waals surface area contributed by atoms with E-state index in [9.17, 15) is 42.5 Å². The second kappa shape index (κ2) is 12.3. The van der Waals surface area contributed by atoms with Crippen LogP contribution in [0.3, 0.4) is 0 Å². The van der Waals surface area contributed by atoms with Crippen molar-refractivity contribution in [2.24, 2.45) is 29.6 Å². The summed E-state index contributed by atoms with van der Waals surface area (Å²) in [6.07, 6.45) is -4.08. The summed E-state index contributed by atoms with van der Waals surface area (Å²) in [7, 11) is 0. The number of nitrogens with zero attached hydrogens (tertiary/aromatic N) is 2. The number of carbonyl (C=O) groups excluding carboxylic acids is 3. The maximum Gasteiger partial charge on any atom is 0.418 e. The van der Waals surface area contributed by atoms with E-state index in [0.717, 1.165) is 33.2 Å². The average molecular weight is 802 g/mol. The van der Waals surface area contributed by atoms with Crippen molar-refractivity contribution in [3.8, 4) is 5.75 Å². The number of non-ortho nitro benzene ring substituents is 1. The number of halogens is 4. The van der Waals surface area contributed by atoms with Crippen molar-refractivity contribution in [2.45, 2.75) is 28.8 Å². The van der Waals surface area contributed by atoms with Crippen LogP contribution >= 0.6 is 39.0 Å². The van der Waals surface area contributed by atoms with Crippen molar-refractivity contribution < 1.29 is 37.2 Å². The van der Waals surface area contributed by atoms with Crippen LogP contribution in [0.5, 0.6) is 5.75 Å². The Balaban J connectivity index is 1.12. The second-order valence-electron chi connectivity index (χ2n) is 12.8. The summed E-state index contributed by atoms with van der Waals surface area (Å²) in [5.74, 6) is -3.67. The fourth-order valence-electron chi connectivity index (χ4n) is 8.41. The standard InChI is InChI=1S/C34H24BrF3N4O7S2/c35-14-5-10-22(49-13-23(43)39-21-4-2-1-3-20(21)34(36,37)38)17(11-14)24-25-18-12-19(28(25)50-30-29(24)51-33(46)40-30)27-26(18)31(44)41(32(27)45)15-6-8-16(9-7-15)42(47)48/h1-11,18-19,24-28H,12-13H2,(H,39,43)(H,40,46)/t18-,19-,24+,25-,26+,27+,28-/m1/s1. The van der Waals surface area contributed by atoms with E-state index < -0.39 is 52.6 Å². The quantitative estimate of drug-likeness (QED) is 0.117. The Morgan fingerprint density at radius 2 is 1.75 bits per heavy atom. The number of benzene rings is 3. The molecule has 51 heavy (non-hydrogen) atoms. The number of nitrogens with one attached hydrogen (secondary N) is 2. The Morgan fingerprint density at radius 1 is 1.04 bits per heavy atom. The summed E-state index contributed by atoms with van der Waals surface area (Å²) in [6.45, 7) is -0.611. The lowest BCUT2D eigenvalue weighted by Gasteiger charge is -2.43. The predicted molar refractivity (Wildman–Crippen MR) is 184 cm³/mol. The summed E-state index contributed by atoms with van der Waals surface area (Å²) >= 11 is 6.04. The number of rotatable bonds is 7. The number of hydrogen-bond acceptors (Lipinski definition) is 9. The highest BCUT2D eigenvalue weighted by Gasteiger charge is 2.70. The smallest absolute Gasteiger partial charge is 0.418 e. The topological polar surface area (TPSA) is 152 Å². The molecule has 2 aliphatic heterocycles. The number of fused-ring (bicyclic) bond motifs is 9. The Morgan fingerprint density at radius 3 is 2.45 bits per heavy atom. The number of anilines is 2. The van der Waals surface area contributed by atoms with Gasteiger partial charge in [0, 0.05) is 38.2 Å². The molecule has 2 aliphatic carbocycles. The van der Waals surface area contributed by atoms with Crippen molar-refractivity contribution in [1.82, 2.24) is 4.98 Å². The fraction of sp³-hybridized carbons (Fsp3) is 0.294. The van der Waals surface area contributed by atoms with Crippen molar-refractivity contribution >= 4 is 73.8 Å². The largest absolute Gasteiger partial charge is 0.483 e. The minimum Gasteiger partial charge on any atom is -0.483 e. The third kappa shape index (κ3) is 5.56. The molecule has 3 fully saturated rings. The summed E-state index contributed by atoms with van der Waals surface area (Å²) in [5, 5.41) is 14.0. The van der Waals surface area contributed by atoms with Crippen molar-refractivity contribution in [3.05, 3.63) is 107 Å². The van der Waals surface area contributed by atoms with Gasteiger partial charge in [-0.15, -0.1) is 11.8 Å². The number of nitro groups is 1. The molecule has 2 saturated carbocycles. The lowest BCUT2D eigenvalue weighted by Crippen LogP contribution is -2.42. The van der Waals surface area contributed by atoms with E-state index in [1.165, 1.54) is 48.2 Å². The first kappa shape index (κ1) is 33.7. The zero-order valence-electron chi connectivity index (χ0n) is 25.9. The molecule has 3 aromatic carbocycles. The molecule has 11 nitrogen and oxygen atoms in total. The number of carbonyl (C=O) groups is 3. The van der Waals surface area contributed by atoms with Crippen LogP contribution in [0.1, 0.15) is 28.3 Å². The number of hydrogen-bond donors (Lipinski definition) is 2. The molecule has 0 spiro atoms. The monoisotopic (exact) mass is 800 g/mol. The van der Waals surface area contributed by atoms with Gasteiger partial charge in [-0.05, 0) is 66.6 Å². The van der Waals surface area contributed by atoms with Gasteiger partial charge in [0.2, 0.25) is 11.8 Å². The molecule has 17 heteroatoms. The number of ether oxygens (including phenoxy) is 1. The van der Waals surface area contributed by atoms with E-state index in [1.807, 2.05) is 6.07 Å². The van der Waals surface area contributed by atoms with Gasteiger partial charge in [0.1, 0.15) is 5.75 Å². The first-order chi connectivity index (χ1) is 24.3. The molecule has 4 aromatic rings. The van der Waals surface area contributed by atoms with E-state index in [1.54, 1.807) is 12.1 Å². The molecule has 0 unspecified atom stereocenters. The number of thiazole rings is 1. The Hall–Kier alpha value is -4.48. The molecule has 4 aliphatic rings. The van der Waals surface area contributed by atoms with Gasteiger partial charge in [0.25, 0.3) is 11.6 Å².